The molecule has 4 rings (SSSR count). The maximum Gasteiger partial charge on any atom is 0.237 e. The van der Waals surface area contributed by atoms with Crippen LogP contribution < -0.4 is 15.0 Å². The molecule has 7 nitrogen and oxygen atoms in total. The molecule has 1 atom stereocenters. The number of benzene rings is 1. The van der Waals surface area contributed by atoms with Crippen molar-refractivity contribution in [3.63, 3.8) is 0 Å². The van der Waals surface area contributed by atoms with Gasteiger partial charge in [-0.3, -0.25) is 9.69 Å². The Hall–Kier alpha value is -2.67. The van der Waals surface area contributed by atoms with Gasteiger partial charge in [0.05, 0.1) is 13.2 Å². The van der Waals surface area contributed by atoms with E-state index in [0.717, 1.165) is 56.2 Å². The van der Waals surface area contributed by atoms with Crippen LogP contribution in [0.25, 0.3) is 11.4 Å². The molecule has 0 bridgehead atoms. The highest BCUT2D eigenvalue weighted by Gasteiger charge is 2.30. The van der Waals surface area contributed by atoms with E-state index in [-0.39, 0.29) is 11.9 Å². The lowest BCUT2D eigenvalue weighted by atomic mass is 10.2. The summed E-state index contributed by atoms with van der Waals surface area (Å²) in [6.07, 6.45) is 4.05. The molecular formula is C21H27N5O2. The Morgan fingerprint density at radius 2 is 1.86 bits per heavy atom. The number of carbonyl (C=O) groups excluding carboxylic acids is 1. The number of rotatable bonds is 6. The van der Waals surface area contributed by atoms with Gasteiger partial charge in [0.1, 0.15) is 11.6 Å². The van der Waals surface area contributed by atoms with E-state index in [1.54, 1.807) is 13.3 Å². The van der Waals surface area contributed by atoms with Crippen LogP contribution in [0.2, 0.25) is 0 Å². The van der Waals surface area contributed by atoms with Crippen LogP contribution in [0.15, 0.2) is 36.5 Å². The van der Waals surface area contributed by atoms with E-state index in [2.05, 4.69) is 20.1 Å². The fraction of sp³-hybridized carbons (Fsp3) is 0.476. The van der Waals surface area contributed by atoms with Gasteiger partial charge in [0.2, 0.25) is 5.91 Å². The Balaban J connectivity index is 1.38. The molecule has 0 spiro atoms. The molecule has 1 saturated heterocycles. The van der Waals surface area contributed by atoms with Gasteiger partial charge < -0.3 is 15.0 Å². The number of hydrogen-bond donors (Lipinski definition) is 1. The van der Waals surface area contributed by atoms with Crippen molar-refractivity contribution < 1.29 is 9.53 Å². The molecule has 2 aromatic rings. The van der Waals surface area contributed by atoms with Crippen LogP contribution in [-0.4, -0.2) is 66.1 Å². The van der Waals surface area contributed by atoms with Crippen molar-refractivity contribution in [2.24, 2.45) is 0 Å². The predicted molar refractivity (Wildman–Crippen MR) is 108 cm³/mol. The lowest BCUT2D eigenvalue weighted by Crippen LogP contribution is -2.54. The summed E-state index contributed by atoms with van der Waals surface area (Å²) in [5.74, 6) is 2.60. The zero-order chi connectivity index (χ0) is 19.5. The van der Waals surface area contributed by atoms with Crippen LogP contribution in [-0.2, 0) is 4.79 Å². The summed E-state index contributed by atoms with van der Waals surface area (Å²) in [5.41, 5.74) is 0.964. The summed E-state index contributed by atoms with van der Waals surface area (Å²) in [7, 11) is 1.65. The van der Waals surface area contributed by atoms with Gasteiger partial charge in [0.15, 0.2) is 5.82 Å². The minimum Gasteiger partial charge on any atom is -0.497 e. The first-order chi connectivity index (χ1) is 13.6. The Morgan fingerprint density at radius 3 is 2.50 bits per heavy atom. The number of methoxy groups -OCH3 is 1. The van der Waals surface area contributed by atoms with Crippen LogP contribution in [0, 0.1) is 0 Å². The number of amides is 1. The number of carbonyl (C=O) groups is 1. The molecule has 1 saturated carbocycles. The zero-order valence-electron chi connectivity index (χ0n) is 16.5. The molecule has 2 aliphatic rings. The number of piperazine rings is 1. The third-order valence-electron chi connectivity index (χ3n) is 5.48. The number of nitrogens with zero attached hydrogens (tertiary/aromatic N) is 4. The second-order valence-electron chi connectivity index (χ2n) is 7.45. The van der Waals surface area contributed by atoms with E-state index in [1.165, 1.54) is 0 Å². The predicted octanol–water partition coefficient (Wildman–Crippen LogP) is 1.94. The highest BCUT2D eigenvalue weighted by molar-refractivity contribution is 5.81. The average molecular weight is 381 g/mol. The minimum absolute atomic E-state index is 0.0805. The van der Waals surface area contributed by atoms with Crippen molar-refractivity contribution in [3.05, 3.63) is 36.5 Å². The quantitative estimate of drug-likeness (QED) is 0.825. The number of anilines is 1. The van der Waals surface area contributed by atoms with E-state index >= 15 is 0 Å². The first-order valence-electron chi connectivity index (χ1n) is 9.91. The summed E-state index contributed by atoms with van der Waals surface area (Å²) in [4.78, 5) is 26.0. The Labute approximate surface area is 165 Å². The van der Waals surface area contributed by atoms with Crippen LogP contribution in [0.3, 0.4) is 0 Å². The Kier molecular flexibility index (Phi) is 5.43. The molecule has 1 aromatic carbocycles. The fourth-order valence-corrected chi connectivity index (χ4v) is 3.46. The molecule has 1 unspecified atom stereocenters. The van der Waals surface area contributed by atoms with Crippen molar-refractivity contribution in [2.75, 3.05) is 38.2 Å². The molecule has 1 aromatic heterocycles. The van der Waals surface area contributed by atoms with Gasteiger partial charge >= 0.3 is 0 Å². The van der Waals surface area contributed by atoms with E-state index < -0.39 is 0 Å². The smallest absolute Gasteiger partial charge is 0.237 e. The van der Waals surface area contributed by atoms with Crippen LogP contribution in [0.4, 0.5) is 5.82 Å². The molecule has 28 heavy (non-hydrogen) atoms. The Bertz CT molecular complexity index is 814. The summed E-state index contributed by atoms with van der Waals surface area (Å²) >= 11 is 0. The highest BCUT2D eigenvalue weighted by atomic mass is 16.5. The largest absolute Gasteiger partial charge is 0.497 e. The van der Waals surface area contributed by atoms with Gasteiger partial charge in [0, 0.05) is 44.0 Å². The van der Waals surface area contributed by atoms with Crippen molar-refractivity contribution in [2.45, 2.75) is 31.8 Å². The normalized spacial score (nSPS) is 18.6. The fourth-order valence-electron chi connectivity index (χ4n) is 3.46. The summed E-state index contributed by atoms with van der Waals surface area (Å²) in [5, 5.41) is 3.10. The summed E-state index contributed by atoms with van der Waals surface area (Å²) < 4.78 is 5.21. The van der Waals surface area contributed by atoms with Gasteiger partial charge in [0.25, 0.3) is 0 Å². The van der Waals surface area contributed by atoms with Crippen molar-refractivity contribution >= 4 is 11.7 Å². The van der Waals surface area contributed by atoms with Gasteiger partial charge in [-0.1, -0.05) is 0 Å². The van der Waals surface area contributed by atoms with Gasteiger partial charge in [-0.2, -0.15) is 0 Å². The Morgan fingerprint density at radius 1 is 1.14 bits per heavy atom. The number of ether oxygens (including phenoxy) is 1. The van der Waals surface area contributed by atoms with Crippen molar-refractivity contribution in [1.29, 1.82) is 0 Å². The molecule has 1 N–H and O–H groups in total. The number of hydrogen-bond acceptors (Lipinski definition) is 6. The molecular weight excluding hydrogens is 354 g/mol. The van der Waals surface area contributed by atoms with E-state index in [1.807, 2.05) is 37.3 Å². The van der Waals surface area contributed by atoms with Crippen molar-refractivity contribution in [3.8, 4) is 17.1 Å². The van der Waals surface area contributed by atoms with Gasteiger partial charge in [-0.15, -0.1) is 0 Å². The lowest BCUT2D eigenvalue weighted by molar-refractivity contribution is -0.126. The highest BCUT2D eigenvalue weighted by Crippen LogP contribution is 2.23. The first-order valence-corrected chi connectivity index (χ1v) is 9.91. The van der Waals surface area contributed by atoms with Gasteiger partial charge in [-0.25, -0.2) is 9.97 Å². The molecule has 148 valence electrons. The molecule has 1 aliphatic carbocycles. The topological polar surface area (TPSA) is 70.6 Å². The lowest BCUT2D eigenvalue weighted by Gasteiger charge is -2.38. The summed E-state index contributed by atoms with van der Waals surface area (Å²) in [6, 6.07) is 10.0. The monoisotopic (exact) mass is 381 g/mol. The number of nitrogens with one attached hydrogen (secondary N) is 1. The molecule has 0 radical (unpaired) electrons. The molecule has 1 amide bonds. The van der Waals surface area contributed by atoms with E-state index in [4.69, 9.17) is 9.72 Å². The minimum atomic E-state index is -0.0805. The average Bonchev–Trinajstić information content (AvgIpc) is 3.57. The molecule has 1 aliphatic heterocycles. The van der Waals surface area contributed by atoms with Crippen LogP contribution >= 0.6 is 0 Å². The zero-order valence-corrected chi connectivity index (χ0v) is 16.5. The van der Waals surface area contributed by atoms with E-state index in [9.17, 15) is 4.79 Å². The van der Waals surface area contributed by atoms with Crippen molar-refractivity contribution in [1.82, 2.24) is 20.2 Å². The molecule has 2 fully saturated rings. The third-order valence-corrected chi connectivity index (χ3v) is 5.48. The second kappa shape index (κ2) is 8.14. The first kappa shape index (κ1) is 18.7. The maximum absolute atomic E-state index is 12.3. The van der Waals surface area contributed by atoms with Crippen LogP contribution in [0.1, 0.15) is 19.8 Å². The standard InChI is InChI=1S/C21H27N5O2/c1-15(21(27)23-17-5-6-17)25-11-13-26(14-12-25)19-9-10-22-20(24-19)16-3-7-18(28-2)8-4-16/h3-4,7-10,15,17H,5-6,11-14H2,1-2H3,(H,23,27). The molecule has 7 heteroatoms. The summed E-state index contributed by atoms with van der Waals surface area (Å²) in [6.45, 7) is 5.39. The maximum atomic E-state index is 12.3. The van der Waals surface area contributed by atoms with E-state index in [0.29, 0.717) is 11.9 Å². The SMILES string of the molecule is COc1ccc(-c2nccc(N3CCN(C(C)C(=O)NC4CC4)CC3)n2)cc1. The number of aromatic nitrogens is 2. The van der Waals surface area contributed by atoms with Gasteiger partial charge in [-0.05, 0) is 50.1 Å². The molecule has 2 heterocycles. The second-order valence-corrected chi connectivity index (χ2v) is 7.45. The van der Waals surface area contributed by atoms with Crippen LogP contribution in [0.5, 0.6) is 5.75 Å². The third kappa shape index (κ3) is 4.25.